The van der Waals surface area contributed by atoms with E-state index in [1.54, 1.807) is 30.1 Å². The van der Waals surface area contributed by atoms with E-state index in [4.69, 9.17) is 9.47 Å². The first-order valence-corrected chi connectivity index (χ1v) is 8.17. The molecule has 3 rings (SSSR count). The van der Waals surface area contributed by atoms with E-state index in [1.807, 2.05) is 18.7 Å². The highest BCUT2D eigenvalue weighted by molar-refractivity contribution is 5.93. The van der Waals surface area contributed by atoms with Gasteiger partial charge in [0.25, 0.3) is 0 Å². The lowest BCUT2D eigenvalue weighted by atomic mass is 10.2. The molecule has 24 heavy (non-hydrogen) atoms. The molecule has 1 saturated heterocycles. The van der Waals surface area contributed by atoms with E-state index in [0.29, 0.717) is 30.3 Å². The predicted octanol–water partition coefficient (Wildman–Crippen LogP) is 1.30. The number of nitrogens with one attached hydrogen (secondary N) is 1. The molecule has 2 aliphatic rings. The van der Waals surface area contributed by atoms with Crippen molar-refractivity contribution in [2.45, 2.75) is 26.1 Å². The Hall–Kier alpha value is -2.28. The van der Waals surface area contributed by atoms with Gasteiger partial charge in [0.1, 0.15) is 0 Å². The maximum atomic E-state index is 12.2. The number of carbonyl (C=O) groups excluding carboxylic acids is 2. The summed E-state index contributed by atoms with van der Waals surface area (Å²) in [5.41, 5.74) is 0.656. The highest BCUT2D eigenvalue weighted by Crippen LogP contribution is 2.41. The number of carbonyl (C=O) groups is 2. The third kappa shape index (κ3) is 3.46. The van der Waals surface area contributed by atoms with E-state index in [9.17, 15) is 9.59 Å². The molecule has 0 radical (unpaired) electrons. The summed E-state index contributed by atoms with van der Waals surface area (Å²) in [5, 5.41) is 2.85. The van der Waals surface area contributed by atoms with Crippen LogP contribution in [-0.4, -0.2) is 60.6 Å². The van der Waals surface area contributed by atoms with Crippen LogP contribution in [0.25, 0.3) is 0 Å². The predicted molar refractivity (Wildman–Crippen MR) is 89.1 cm³/mol. The molecule has 0 saturated carbocycles. The Bertz CT molecular complexity index is 663. The van der Waals surface area contributed by atoms with Crippen molar-refractivity contribution >= 4 is 17.5 Å². The summed E-state index contributed by atoms with van der Waals surface area (Å²) in [4.78, 5) is 27.4. The van der Waals surface area contributed by atoms with Crippen molar-refractivity contribution in [1.29, 1.82) is 0 Å². The smallest absolute Gasteiger partial charge is 0.248 e. The lowest BCUT2D eigenvalue weighted by Crippen LogP contribution is -2.50. The zero-order valence-corrected chi connectivity index (χ0v) is 14.3. The molecule has 1 unspecified atom stereocenters. The molecule has 1 fully saturated rings. The molecular weight excluding hydrogens is 310 g/mol. The fourth-order valence-electron chi connectivity index (χ4n) is 2.73. The maximum Gasteiger partial charge on any atom is 0.248 e. The second-order valence-electron chi connectivity index (χ2n) is 6.43. The zero-order chi connectivity index (χ0) is 17.3. The van der Waals surface area contributed by atoms with E-state index < -0.39 is 5.79 Å². The Morgan fingerprint density at radius 2 is 2.04 bits per heavy atom. The summed E-state index contributed by atoms with van der Waals surface area (Å²) in [6.45, 7) is 5.69. The molecule has 1 aromatic rings. The molecular formula is C17H23N3O4. The summed E-state index contributed by atoms with van der Waals surface area (Å²) < 4.78 is 11.6. The highest BCUT2D eigenvalue weighted by atomic mass is 16.7. The minimum Gasteiger partial charge on any atom is -0.449 e. The standard InChI is InChI=1S/C17H23N3O4/c1-4-17(2)23-13-6-5-12(9-14(13)24-17)18-15(21)10-20-8-7-19(3)16(22)11-20/h5-6,9H,4,7-8,10-11H2,1-3H3,(H,18,21). The second kappa shape index (κ2) is 6.32. The van der Waals surface area contributed by atoms with Crippen LogP contribution in [0.4, 0.5) is 5.69 Å². The molecule has 1 N–H and O–H groups in total. The van der Waals surface area contributed by atoms with Crippen LogP contribution in [0.1, 0.15) is 20.3 Å². The third-order valence-corrected chi connectivity index (χ3v) is 4.42. The first kappa shape index (κ1) is 16.6. The SMILES string of the molecule is CCC1(C)Oc2ccc(NC(=O)CN3CCN(C)C(=O)C3)cc2O1. The highest BCUT2D eigenvalue weighted by Gasteiger charge is 2.35. The normalized spacial score (nSPS) is 23.5. The quantitative estimate of drug-likeness (QED) is 0.899. The minimum atomic E-state index is -0.648. The summed E-state index contributed by atoms with van der Waals surface area (Å²) in [6.07, 6.45) is 0.723. The zero-order valence-electron chi connectivity index (χ0n) is 14.3. The van der Waals surface area contributed by atoms with E-state index >= 15 is 0 Å². The number of nitrogens with zero attached hydrogens (tertiary/aromatic N) is 2. The van der Waals surface area contributed by atoms with Gasteiger partial charge in [0.2, 0.25) is 17.6 Å². The van der Waals surface area contributed by atoms with Crippen molar-refractivity contribution in [2.24, 2.45) is 0 Å². The maximum absolute atomic E-state index is 12.2. The average molecular weight is 333 g/mol. The van der Waals surface area contributed by atoms with Crippen LogP contribution in [0, 0.1) is 0 Å². The van der Waals surface area contributed by atoms with Gasteiger partial charge in [-0.05, 0) is 12.1 Å². The molecule has 0 aliphatic carbocycles. The van der Waals surface area contributed by atoms with Gasteiger partial charge < -0.3 is 19.7 Å². The monoisotopic (exact) mass is 333 g/mol. The number of benzene rings is 1. The van der Waals surface area contributed by atoms with E-state index in [2.05, 4.69) is 5.32 Å². The number of likely N-dealkylation sites (N-methyl/N-ethyl adjacent to an activating group) is 1. The van der Waals surface area contributed by atoms with Gasteiger partial charge in [-0.1, -0.05) is 6.92 Å². The molecule has 2 aliphatic heterocycles. The third-order valence-electron chi connectivity index (χ3n) is 4.42. The van der Waals surface area contributed by atoms with Crippen molar-refractivity contribution < 1.29 is 19.1 Å². The van der Waals surface area contributed by atoms with E-state index in [0.717, 1.165) is 6.42 Å². The average Bonchev–Trinajstić information content (AvgIpc) is 2.87. The van der Waals surface area contributed by atoms with Crippen LogP contribution in [-0.2, 0) is 9.59 Å². The topological polar surface area (TPSA) is 71.1 Å². The fraction of sp³-hybridized carbons (Fsp3) is 0.529. The molecule has 2 heterocycles. The van der Waals surface area contributed by atoms with Crippen molar-refractivity contribution in [2.75, 3.05) is 38.5 Å². The number of rotatable bonds is 4. The van der Waals surface area contributed by atoms with Crippen molar-refractivity contribution in [3.63, 3.8) is 0 Å². The van der Waals surface area contributed by atoms with Crippen molar-refractivity contribution in [3.8, 4) is 11.5 Å². The van der Waals surface area contributed by atoms with Crippen LogP contribution in [0.3, 0.4) is 0 Å². The second-order valence-corrected chi connectivity index (χ2v) is 6.43. The Morgan fingerprint density at radius 1 is 1.29 bits per heavy atom. The molecule has 2 amide bonds. The Balaban J connectivity index is 1.58. The molecule has 1 atom stereocenters. The first-order chi connectivity index (χ1) is 11.4. The molecule has 0 bridgehead atoms. The number of ether oxygens (including phenoxy) is 2. The van der Waals surface area contributed by atoms with Gasteiger partial charge in [-0.2, -0.15) is 0 Å². The summed E-state index contributed by atoms with van der Waals surface area (Å²) in [7, 11) is 1.77. The molecule has 1 aromatic carbocycles. The van der Waals surface area contributed by atoms with Gasteiger partial charge in [0.05, 0.1) is 13.1 Å². The van der Waals surface area contributed by atoms with Crippen LogP contribution in [0.15, 0.2) is 18.2 Å². The number of piperazine rings is 1. The van der Waals surface area contributed by atoms with Gasteiger partial charge >= 0.3 is 0 Å². The Kier molecular flexibility index (Phi) is 4.36. The van der Waals surface area contributed by atoms with Gasteiger partial charge in [-0.15, -0.1) is 0 Å². The molecule has 0 spiro atoms. The first-order valence-electron chi connectivity index (χ1n) is 8.17. The van der Waals surface area contributed by atoms with Gasteiger partial charge in [0.15, 0.2) is 11.5 Å². The Morgan fingerprint density at radius 3 is 2.75 bits per heavy atom. The van der Waals surface area contributed by atoms with Gasteiger partial charge in [0, 0.05) is 45.2 Å². The molecule has 0 aromatic heterocycles. The summed E-state index contributed by atoms with van der Waals surface area (Å²) in [6, 6.07) is 5.35. The number of anilines is 1. The fourth-order valence-corrected chi connectivity index (χ4v) is 2.73. The van der Waals surface area contributed by atoms with Crippen molar-refractivity contribution in [1.82, 2.24) is 9.80 Å². The largest absolute Gasteiger partial charge is 0.449 e. The lowest BCUT2D eigenvalue weighted by molar-refractivity contribution is -0.135. The summed E-state index contributed by atoms with van der Waals surface area (Å²) in [5.74, 6) is 0.555. The van der Waals surface area contributed by atoms with Crippen LogP contribution < -0.4 is 14.8 Å². The lowest BCUT2D eigenvalue weighted by Gasteiger charge is -2.31. The van der Waals surface area contributed by atoms with Crippen molar-refractivity contribution in [3.05, 3.63) is 18.2 Å². The van der Waals surface area contributed by atoms with Crippen LogP contribution >= 0.6 is 0 Å². The molecule has 130 valence electrons. The number of hydrogen-bond donors (Lipinski definition) is 1. The van der Waals surface area contributed by atoms with Gasteiger partial charge in [-0.3, -0.25) is 14.5 Å². The van der Waals surface area contributed by atoms with E-state index in [1.165, 1.54) is 0 Å². The van der Waals surface area contributed by atoms with Crippen LogP contribution in [0.2, 0.25) is 0 Å². The number of hydrogen-bond acceptors (Lipinski definition) is 5. The number of fused-ring (bicyclic) bond motifs is 1. The van der Waals surface area contributed by atoms with E-state index in [-0.39, 0.29) is 24.9 Å². The minimum absolute atomic E-state index is 0.0379. The number of amides is 2. The molecule has 7 heteroatoms. The molecule has 7 nitrogen and oxygen atoms in total. The Labute approximate surface area is 141 Å². The summed E-state index contributed by atoms with van der Waals surface area (Å²) >= 11 is 0. The van der Waals surface area contributed by atoms with Crippen LogP contribution in [0.5, 0.6) is 11.5 Å². The van der Waals surface area contributed by atoms with Gasteiger partial charge in [-0.25, -0.2) is 0 Å².